The van der Waals surface area contributed by atoms with Gasteiger partial charge in [0.1, 0.15) is 0 Å². The lowest BCUT2D eigenvalue weighted by Gasteiger charge is -2.44. The Morgan fingerprint density at radius 2 is 2.27 bits per heavy atom. The molecule has 82 valence electrons. The molecule has 3 rings (SSSR count). The van der Waals surface area contributed by atoms with Crippen LogP contribution in [0, 0.1) is 23.7 Å². The molecule has 3 fully saturated rings. The summed E-state index contributed by atoms with van der Waals surface area (Å²) in [7, 11) is 0. The fourth-order valence-electron chi connectivity index (χ4n) is 3.98. The Morgan fingerprint density at radius 3 is 3.07 bits per heavy atom. The molecule has 3 aliphatic carbocycles. The van der Waals surface area contributed by atoms with Gasteiger partial charge in [-0.25, -0.2) is 4.79 Å². The second kappa shape index (κ2) is 3.36. The zero-order chi connectivity index (χ0) is 10.4. The smallest absolute Gasteiger partial charge is 0.330 e. The van der Waals surface area contributed by atoms with E-state index < -0.39 is 0 Å². The van der Waals surface area contributed by atoms with Crippen LogP contribution in [0.25, 0.3) is 0 Å². The first kappa shape index (κ1) is 9.44. The van der Waals surface area contributed by atoms with Crippen LogP contribution in [0.2, 0.25) is 0 Å². The zero-order valence-corrected chi connectivity index (χ0v) is 9.24. The van der Waals surface area contributed by atoms with E-state index in [-0.39, 0.29) is 5.97 Å². The number of rotatable bonds is 2. The average Bonchev–Trinajstić information content (AvgIpc) is 2.38. The number of carbonyl (C=O) groups excluding carboxylic acids is 1. The fraction of sp³-hybridized carbons (Fsp3) is 0.769. The molecule has 3 aliphatic rings. The van der Waals surface area contributed by atoms with Gasteiger partial charge in [-0.2, -0.15) is 0 Å². The molecular weight excluding hydrogens is 188 g/mol. The average molecular weight is 206 g/mol. The van der Waals surface area contributed by atoms with E-state index in [9.17, 15) is 4.79 Å². The maximum absolute atomic E-state index is 11.4. The summed E-state index contributed by atoms with van der Waals surface area (Å²) >= 11 is 0. The van der Waals surface area contributed by atoms with Crippen molar-refractivity contribution in [2.45, 2.75) is 32.6 Å². The Balaban J connectivity index is 1.76. The summed E-state index contributed by atoms with van der Waals surface area (Å²) in [6.07, 6.45) is 7.26. The van der Waals surface area contributed by atoms with E-state index in [2.05, 4.69) is 0 Å². The van der Waals surface area contributed by atoms with Gasteiger partial charge in [-0.05, 0) is 56.3 Å². The maximum Gasteiger partial charge on any atom is 0.330 e. The molecule has 0 aromatic carbocycles. The molecule has 0 aromatic rings. The van der Waals surface area contributed by atoms with Crippen molar-refractivity contribution in [1.29, 1.82) is 0 Å². The third kappa shape index (κ3) is 1.34. The topological polar surface area (TPSA) is 26.3 Å². The maximum atomic E-state index is 11.4. The Hall–Kier alpha value is -0.790. The molecule has 2 nitrogen and oxygen atoms in total. The van der Waals surface area contributed by atoms with Crippen LogP contribution in [0.1, 0.15) is 32.6 Å². The molecule has 0 N–H and O–H groups in total. The number of fused-ring (bicyclic) bond motifs is 1. The summed E-state index contributed by atoms with van der Waals surface area (Å²) in [5.41, 5.74) is 1.42. The predicted octanol–water partition coefficient (Wildman–Crippen LogP) is 2.54. The highest BCUT2D eigenvalue weighted by Gasteiger charge is 2.54. The van der Waals surface area contributed by atoms with Crippen LogP contribution in [0.5, 0.6) is 0 Å². The van der Waals surface area contributed by atoms with Gasteiger partial charge in [-0.1, -0.05) is 5.57 Å². The number of ether oxygens (including phenoxy) is 1. The minimum atomic E-state index is -0.124. The summed E-state index contributed by atoms with van der Waals surface area (Å²) in [5, 5.41) is 0. The first-order valence-corrected chi connectivity index (χ1v) is 6.17. The molecule has 4 unspecified atom stereocenters. The monoisotopic (exact) mass is 206 g/mol. The highest BCUT2D eigenvalue weighted by molar-refractivity contribution is 5.83. The van der Waals surface area contributed by atoms with E-state index in [0.717, 1.165) is 23.7 Å². The second-order valence-electron chi connectivity index (χ2n) is 5.19. The van der Waals surface area contributed by atoms with E-state index in [1.165, 1.54) is 31.3 Å². The van der Waals surface area contributed by atoms with Crippen LogP contribution < -0.4 is 0 Å². The minimum absolute atomic E-state index is 0.124. The summed E-state index contributed by atoms with van der Waals surface area (Å²) < 4.78 is 4.99. The molecule has 0 amide bonds. The third-order valence-corrected chi connectivity index (χ3v) is 4.54. The summed E-state index contributed by atoms with van der Waals surface area (Å²) in [4.78, 5) is 11.4. The Kier molecular flexibility index (Phi) is 2.11. The third-order valence-electron chi connectivity index (χ3n) is 4.54. The van der Waals surface area contributed by atoms with Gasteiger partial charge in [0.05, 0.1) is 6.61 Å². The van der Waals surface area contributed by atoms with Gasteiger partial charge in [0.15, 0.2) is 0 Å². The molecule has 15 heavy (non-hydrogen) atoms. The molecular formula is C13H18O2. The van der Waals surface area contributed by atoms with Gasteiger partial charge in [0, 0.05) is 6.08 Å². The van der Waals surface area contributed by atoms with E-state index in [0.29, 0.717) is 6.61 Å². The molecule has 0 heterocycles. The zero-order valence-electron chi connectivity index (χ0n) is 9.24. The van der Waals surface area contributed by atoms with Crippen LogP contribution in [0.3, 0.4) is 0 Å². The fourth-order valence-corrected chi connectivity index (χ4v) is 3.98. The van der Waals surface area contributed by atoms with Crippen LogP contribution >= 0.6 is 0 Å². The lowest BCUT2D eigenvalue weighted by Crippen LogP contribution is -2.37. The molecule has 0 spiro atoms. The van der Waals surface area contributed by atoms with E-state index in [1.807, 2.05) is 6.92 Å². The van der Waals surface area contributed by atoms with Crippen molar-refractivity contribution in [3.63, 3.8) is 0 Å². The van der Waals surface area contributed by atoms with Crippen molar-refractivity contribution in [2.75, 3.05) is 6.61 Å². The molecule has 2 heteroatoms. The summed E-state index contributed by atoms with van der Waals surface area (Å²) in [5.74, 6) is 3.24. The predicted molar refractivity (Wildman–Crippen MR) is 57.1 cm³/mol. The first-order valence-electron chi connectivity index (χ1n) is 6.17. The van der Waals surface area contributed by atoms with Crippen LogP contribution in [-0.2, 0) is 9.53 Å². The standard InChI is InChI=1S/C13H18O2/c1-2-15-13(14)7-12-9-4-3-8-5-10(9)11(12)6-8/h7-11H,2-6H2,1H3. The van der Waals surface area contributed by atoms with Crippen molar-refractivity contribution in [3.8, 4) is 0 Å². The van der Waals surface area contributed by atoms with Crippen LogP contribution in [-0.4, -0.2) is 12.6 Å². The molecule has 4 atom stereocenters. The lowest BCUT2D eigenvalue weighted by molar-refractivity contribution is -0.137. The highest BCUT2D eigenvalue weighted by Crippen LogP contribution is 2.63. The quantitative estimate of drug-likeness (QED) is 0.512. The highest BCUT2D eigenvalue weighted by atomic mass is 16.5. The van der Waals surface area contributed by atoms with E-state index >= 15 is 0 Å². The van der Waals surface area contributed by atoms with Crippen LogP contribution in [0.4, 0.5) is 0 Å². The second-order valence-corrected chi connectivity index (χ2v) is 5.19. The normalized spacial score (nSPS) is 43.9. The van der Waals surface area contributed by atoms with Gasteiger partial charge in [0.25, 0.3) is 0 Å². The van der Waals surface area contributed by atoms with Crippen LogP contribution in [0.15, 0.2) is 11.6 Å². The molecule has 0 aromatic heterocycles. The summed E-state index contributed by atoms with van der Waals surface area (Å²) in [6.45, 7) is 2.35. The van der Waals surface area contributed by atoms with Crippen molar-refractivity contribution in [2.24, 2.45) is 23.7 Å². The Morgan fingerprint density at radius 1 is 1.40 bits per heavy atom. The molecule has 2 bridgehead atoms. The number of carbonyl (C=O) groups is 1. The Bertz CT molecular complexity index is 310. The van der Waals surface area contributed by atoms with E-state index in [4.69, 9.17) is 4.74 Å². The minimum Gasteiger partial charge on any atom is -0.463 e. The largest absolute Gasteiger partial charge is 0.463 e. The van der Waals surface area contributed by atoms with Gasteiger partial charge >= 0.3 is 5.97 Å². The number of hydrogen-bond acceptors (Lipinski definition) is 2. The SMILES string of the molecule is CCOC(=O)C=C1C2CCC3CC1C2C3. The van der Waals surface area contributed by atoms with Crippen molar-refractivity contribution in [3.05, 3.63) is 11.6 Å². The van der Waals surface area contributed by atoms with Crippen molar-refractivity contribution < 1.29 is 9.53 Å². The number of allylic oxidation sites excluding steroid dienone is 1. The van der Waals surface area contributed by atoms with Gasteiger partial charge in [-0.3, -0.25) is 0 Å². The van der Waals surface area contributed by atoms with Crippen molar-refractivity contribution >= 4 is 5.97 Å². The van der Waals surface area contributed by atoms with Gasteiger partial charge < -0.3 is 4.74 Å². The lowest BCUT2D eigenvalue weighted by atomic mass is 9.60. The summed E-state index contributed by atoms with van der Waals surface area (Å²) in [6, 6.07) is 0. The Labute approximate surface area is 90.7 Å². The van der Waals surface area contributed by atoms with Crippen molar-refractivity contribution in [1.82, 2.24) is 0 Å². The van der Waals surface area contributed by atoms with Gasteiger partial charge in [-0.15, -0.1) is 0 Å². The first-order chi connectivity index (χ1) is 7.29. The molecule has 0 radical (unpaired) electrons. The molecule has 0 saturated heterocycles. The number of esters is 1. The van der Waals surface area contributed by atoms with Gasteiger partial charge in [0.2, 0.25) is 0 Å². The van der Waals surface area contributed by atoms with E-state index in [1.54, 1.807) is 6.08 Å². The number of hydrogen-bond donors (Lipinski definition) is 0. The molecule has 0 aliphatic heterocycles. The molecule has 3 saturated carbocycles.